The predicted molar refractivity (Wildman–Crippen MR) is 62.1 cm³/mol. The van der Waals surface area contributed by atoms with Crippen LogP contribution in [-0.2, 0) is 11.1 Å². The maximum atomic E-state index is 9.99. The van der Waals surface area contributed by atoms with Crippen LogP contribution < -0.4 is 9.79 Å². The molecule has 0 bridgehead atoms. The second-order valence-electron chi connectivity index (χ2n) is 4.67. The van der Waals surface area contributed by atoms with Gasteiger partial charge in [0, 0.05) is 0 Å². The molecule has 5 heteroatoms. The fourth-order valence-corrected chi connectivity index (χ4v) is 0.956. The number of rotatable bonds is 3. The van der Waals surface area contributed by atoms with Crippen molar-refractivity contribution in [2.75, 3.05) is 28.2 Å². The summed E-state index contributed by atoms with van der Waals surface area (Å²) < 4.78 is 5.38. The Morgan fingerprint density at radius 2 is 1.50 bits per heavy atom. The van der Waals surface area contributed by atoms with Crippen LogP contribution in [0.3, 0.4) is 0 Å². The van der Waals surface area contributed by atoms with E-state index >= 15 is 0 Å². The van der Waals surface area contributed by atoms with Gasteiger partial charge in [-0.15, -0.1) is 0 Å². The van der Waals surface area contributed by atoms with Crippen LogP contribution in [0.4, 0.5) is 0 Å². The van der Waals surface area contributed by atoms with E-state index in [1.807, 2.05) is 18.2 Å². The Balaban J connectivity index is 0.000000385. The normalized spacial score (nSPS) is 10.9. The monoisotopic (exact) mass is 244 g/mol. The van der Waals surface area contributed by atoms with E-state index in [1.165, 1.54) is 0 Å². The molecule has 0 aliphatic heterocycles. The molecule has 0 unspecified atom stereocenters. The van der Waals surface area contributed by atoms with Crippen LogP contribution in [0.15, 0.2) is 30.3 Å². The van der Waals surface area contributed by atoms with Gasteiger partial charge in [-0.25, -0.2) is 0 Å². The topological polar surface area (TPSA) is 55.3 Å². The van der Waals surface area contributed by atoms with Gasteiger partial charge in [0.25, 0.3) is 0 Å². The summed E-state index contributed by atoms with van der Waals surface area (Å²) in [6, 6.07) is 9.13. The molecule has 16 heavy (non-hydrogen) atoms. The molecule has 0 N–H and O–H groups in total. The second-order valence-corrected chi connectivity index (χ2v) is 5.37. The number of hydrogen-bond donors (Lipinski definition) is 0. The van der Waals surface area contributed by atoms with Gasteiger partial charge in [-0.05, 0) is 5.56 Å². The molecule has 1 rings (SSSR count). The highest BCUT2D eigenvalue weighted by Gasteiger charge is 1.88. The summed E-state index contributed by atoms with van der Waals surface area (Å²) in [4.78, 5) is 20.0. The van der Waals surface area contributed by atoms with E-state index in [4.69, 9.17) is 0 Å². The summed E-state index contributed by atoms with van der Waals surface area (Å²) in [6.07, 6.45) is 0. The average Bonchev–Trinajstić information content (AvgIpc) is 2.14. The Morgan fingerprint density at radius 3 is 1.88 bits per heavy atom. The molecular formula is C11H19NO3P-. The first kappa shape index (κ1) is 15.5. The largest absolute Gasteiger partial charge is 0.820 e. The lowest BCUT2D eigenvalue weighted by Crippen LogP contribution is -2.27. The molecule has 4 nitrogen and oxygen atoms in total. The molecule has 0 heterocycles. The van der Waals surface area contributed by atoms with Gasteiger partial charge in [0.05, 0.1) is 34.8 Å². The number of quaternary nitrogens is 1. The van der Waals surface area contributed by atoms with Crippen molar-refractivity contribution < 1.29 is 18.8 Å². The molecule has 0 radical (unpaired) electrons. The van der Waals surface area contributed by atoms with Gasteiger partial charge in [0.15, 0.2) is 0 Å². The third-order valence-electron chi connectivity index (χ3n) is 1.18. The van der Waals surface area contributed by atoms with Crippen molar-refractivity contribution in [3.8, 4) is 0 Å². The maximum Gasteiger partial charge on any atom is 0.0727 e. The van der Waals surface area contributed by atoms with Crippen LogP contribution in [0, 0.1) is 0 Å². The van der Waals surface area contributed by atoms with Crippen LogP contribution in [-0.4, -0.2) is 32.7 Å². The minimum Gasteiger partial charge on any atom is -0.820 e. The van der Waals surface area contributed by atoms with Crippen molar-refractivity contribution >= 4 is 8.60 Å². The first-order chi connectivity index (χ1) is 7.29. The number of nitrogens with zero attached hydrogens (tertiary/aromatic N) is 1. The Kier molecular flexibility index (Phi) is 7.47. The third-order valence-corrected chi connectivity index (χ3v) is 1.52. The van der Waals surface area contributed by atoms with E-state index in [-0.39, 0.29) is 6.61 Å². The lowest BCUT2D eigenvalue weighted by Gasteiger charge is -2.28. The van der Waals surface area contributed by atoms with Gasteiger partial charge in [0.1, 0.15) is 0 Å². The lowest BCUT2D eigenvalue weighted by molar-refractivity contribution is -0.849. The zero-order valence-corrected chi connectivity index (χ0v) is 11.1. The molecule has 0 fully saturated rings. The minimum absolute atomic E-state index is 0.125. The summed E-state index contributed by atoms with van der Waals surface area (Å²) in [5.74, 6) is 0. The Morgan fingerprint density at radius 1 is 1.06 bits per heavy atom. The average molecular weight is 244 g/mol. The lowest BCUT2D eigenvalue weighted by atomic mass is 10.2. The molecule has 92 valence electrons. The number of hydrogen-bond acceptors (Lipinski definition) is 3. The van der Waals surface area contributed by atoms with Crippen LogP contribution in [0.25, 0.3) is 0 Å². The molecular weight excluding hydrogens is 225 g/mol. The van der Waals surface area contributed by atoms with Gasteiger partial charge in [-0.2, -0.15) is 8.60 Å². The van der Waals surface area contributed by atoms with Crippen LogP contribution in [0.5, 0.6) is 0 Å². The van der Waals surface area contributed by atoms with E-state index in [1.54, 1.807) is 12.1 Å². The van der Waals surface area contributed by atoms with E-state index in [9.17, 15) is 9.79 Å². The van der Waals surface area contributed by atoms with Crippen molar-refractivity contribution in [1.82, 2.24) is 0 Å². The van der Waals surface area contributed by atoms with Crippen molar-refractivity contribution in [3.05, 3.63) is 35.9 Å². The fraction of sp³-hybridized carbons (Fsp3) is 0.455. The van der Waals surface area contributed by atoms with Crippen LogP contribution in [0.2, 0.25) is 0 Å². The maximum absolute atomic E-state index is 9.99. The number of benzene rings is 1. The van der Waals surface area contributed by atoms with Gasteiger partial charge in [-0.1, -0.05) is 30.3 Å². The zero-order chi connectivity index (χ0) is 12.6. The molecule has 0 atom stereocenters. The van der Waals surface area contributed by atoms with Gasteiger partial charge in [-0.3, -0.25) is 0 Å². The highest BCUT2D eigenvalue weighted by molar-refractivity contribution is 7.36. The first-order valence-corrected chi connectivity index (χ1v) is 5.98. The van der Waals surface area contributed by atoms with Gasteiger partial charge < -0.3 is 18.8 Å². The van der Waals surface area contributed by atoms with Crippen LogP contribution >= 0.6 is 8.60 Å². The van der Waals surface area contributed by atoms with Gasteiger partial charge in [0.2, 0.25) is 0 Å². The Labute approximate surface area is 98.7 Å². The summed E-state index contributed by atoms with van der Waals surface area (Å²) in [7, 11) is 5.78. The predicted octanol–water partition coefficient (Wildman–Crippen LogP) is 0.473. The summed E-state index contributed by atoms with van der Waals surface area (Å²) in [5, 5.41) is 0. The molecule has 1 aromatic rings. The molecule has 1 aromatic carbocycles. The Bertz CT molecular complexity index is 266. The second kappa shape index (κ2) is 7.71. The van der Waals surface area contributed by atoms with E-state index in [0.717, 1.165) is 10.0 Å². The molecule has 0 aliphatic rings. The minimum atomic E-state index is -2.72. The zero-order valence-electron chi connectivity index (χ0n) is 10.2. The van der Waals surface area contributed by atoms with Crippen molar-refractivity contribution in [2.24, 2.45) is 0 Å². The first-order valence-electron chi connectivity index (χ1n) is 4.89. The summed E-state index contributed by atoms with van der Waals surface area (Å²) in [5.41, 5.74) is 0.853. The fourth-order valence-electron chi connectivity index (χ4n) is 0.701. The Hall–Kier alpha value is -0.510. The molecule has 0 aromatic heterocycles. The molecule has 0 amide bonds. The van der Waals surface area contributed by atoms with Crippen LogP contribution in [0.1, 0.15) is 5.56 Å². The highest BCUT2D eigenvalue weighted by atomic mass is 31.2. The molecule has 0 saturated heterocycles. The van der Waals surface area contributed by atoms with E-state index < -0.39 is 8.60 Å². The van der Waals surface area contributed by atoms with E-state index in [2.05, 4.69) is 32.7 Å². The standard InChI is InChI=1S/C7H7O3P.C4H12N/c8-11(9)10-6-7-4-2-1-3-5-7;1-5(2,3)4/h1-5H,6H2;1-4H3/q-2;+1. The van der Waals surface area contributed by atoms with Gasteiger partial charge >= 0.3 is 0 Å². The molecule has 0 aliphatic carbocycles. The highest BCUT2D eigenvalue weighted by Crippen LogP contribution is 2.15. The molecule has 0 saturated carbocycles. The summed E-state index contributed by atoms with van der Waals surface area (Å²) in [6.45, 7) is 0.125. The third kappa shape index (κ3) is 13.5. The van der Waals surface area contributed by atoms with E-state index in [0.29, 0.717) is 0 Å². The SMILES string of the molecule is C[N+](C)(C)C.[O-]P([O-])OCc1ccccc1. The molecule has 0 spiro atoms. The smallest absolute Gasteiger partial charge is 0.0727 e. The van der Waals surface area contributed by atoms with Crippen molar-refractivity contribution in [1.29, 1.82) is 0 Å². The summed E-state index contributed by atoms with van der Waals surface area (Å²) >= 11 is 0. The van der Waals surface area contributed by atoms with Crippen molar-refractivity contribution in [2.45, 2.75) is 6.61 Å². The van der Waals surface area contributed by atoms with Crippen molar-refractivity contribution in [3.63, 3.8) is 0 Å². The quantitative estimate of drug-likeness (QED) is 0.574.